The number of nitrogens with zero attached hydrogens (tertiary/aromatic N) is 2. The van der Waals surface area contributed by atoms with Gasteiger partial charge in [-0.05, 0) is 43.2 Å². The maximum Gasteiger partial charge on any atom is 0.416 e. The van der Waals surface area contributed by atoms with Gasteiger partial charge in [0.1, 0.15) is 11.9 Å². The van der Waals surface area contributed by atoms with Gasteiger partial charge in [0.05, 0.1) is 30.1 Å². The summed E-state index contributed by atoms with van der Waals surface area (Å²) < 4.78 is 58.0. The van der Waals surface area contributed by atoms with Crippen LogP contribution in [-0.4, -0.2) is 53.7 Å². The summed E-state index contributed by atoms with van der Waals surface area (Å²) >= 11 is 0. The van der Waals surface area contributed by atoms with Crippen LogP contribution in [0.15, 0.2) is 53.7 Å². The Hall–Kier alpha value is -2.49. The molecule has 1 heterocycles. The Kier molecular flexibility index (Phi) is 8.45. The summed E-state index contributed by atoms with van der Waals surface area (Å²) in [5.41, 5.74) is 1.17. The minimum absolute atomic E-state index is 0.0543. The van der Waals surface area contributed by atoms with E-state index in [1.54, 1.807) is 18.2 Å². The summed E-state index contributed by atoms with van der Waals surface area (Å²) in [6.07, 6.45) is -5.20. The first-order valence-corrected chi connectivity index (χ1v) is 10.8. The second-order valence-corrected chi connectivity index (χ2v) is 8.40. The molecule has 1 aliphatic rings. The van der Waals surface area contributed by atoms with Crippen molar-refractivity contribution in [2.45, 2.75) is 51.3 Å². The molecule has 9 heteroatoms. The smallest absolute Gasteiger partial charge is 0.390 e. The summed E-state index contributed by atoms with van der Waals surface area (Å²) in [5, 5.41) is 14.5. The molecular weight excluding hydrogens is 440 g/mol. The Labute approximate surface area is 190 Å². The summed E-state index contributed by atoms with van der Waals surface area (Å²) in [4.78, 5) is 7.37. The largest absolute Gasteiger partial charge is 0.416 e. The number of benzene rings is 2. The molecule has 0 saturated carbocycles. The number of hydrogen-bond donors (Lipinski definition) is 1. The molecule has 0 amide bonds. The molecule has 2 aromatic carbocycles. The number of aliphatic hydroxyl groups is 1. The molecule has 33 heavy (non-hydrogen) atoms. The average Bonchev–Trinajstić information content (AvgIpc) is 3.21. The van der Waals surface area contributed by atoms with Gasteiger partial charge in [0.2, 0.25) is 0 Å². The Bertz CT molecular complexity index is 932. The third kappa shape index (κ3) is 7.80. The van der Waals surface area contributed by atoms with E-state index >= 15 is 0 Å². The number of alkyl halides is 3. The maximum absolute atomic E-state index is 13.2. The van der Waals surface area contributed by atoms with E-state index < -0.39 is 17.8 Å². The minimum Gasteiger partial charge on any atom is -0.390 e. The van der Waals surface area contributed by atoms with Crippen molar-refractivity contribution in [3.05, 3.63) is 71.0 Å². The lowest BCUT2D eigenvalue weighted by atomic mass is 10.0. The predicted molar refractivity (Wildman–Crippen MR) is 116 cm³/mol. The molecule has 0 aliphatic carbocycles. The zero-order chi connectivity index (χ0) is 24.0. The molecule has 0 bridgehead atoms. The highest BCUT2D eigenvalue weighted by molar-refractivity contribution is 6.01. The van der Waals surface area contributed by atoms with Crippen molar-refractivity contribution in [2.75, 3.05) is 19.7 Å². The molecule has 0 radical (unpaired) electrons. The molecule has 0 aromatic heterocycles. The lowest BCUT2D eigenvalue weighted by molar-refractivity contribution is -0.137. The molecule has 0 spiro atoms. The van der Waals surface area contributed by atoms with Crippen LogP contribution in [0.2, 0.25) is 0 Å². The molecule has 3 rings (SSSR count). The number of aliphatic hydroxyl groups excluding tert-OH is 1. The number of hydrogen-bond acceptors (Lipinski definition) is 5. The van der Waals surface area contributed by atoms with Crippen molar-refractivity contribution < 1.29 is 32.2 Å². The maximum atomic E-state index is 13.2. The third-order valence-electron chi connectivity index (χ3n) is 5.12. The van der Waals surface area contributed by atoms with E-state index in [9.17, 15) is 22.7 Å². The highest BCUT2D eigenvalue weighted by atomic mass is 19.4. The summed E-state index contributed by atoms with van der Waals surface area (Å²) in [7, 11) is 0. The zero-order valence-electron chi connectivity index (χ0n) is 18.6. The van der Waals surface area contributed by atoms with Gasteiger partial charge in [0.15, 0.2) is 0 Å². The van der Waals surface area contributed by atoms with Crippen LogP contribution in [0.4, 0.5) is 17.6 Å². The normalized spacial score (nSPS) is 17.4. The lowest BCUT2D eigenvalue weighted by Gasteiger charge is -2.27. The fraction of sp³-hybridized carbons (Fsp3) is 0.458. The van der Waals surface area contributed by atoms with Crippen molar-refractivity contribution in [3.63, 3.8) is 0 Å². The molecule has 2 aromatic rings. The molecule has 0 fully saturated rings. The van der Waals surface area contributed by atoms with Crippen molar-refractivity contribution >= 4 is 5.71 Å². The summed E-state index contributed by atoms with van der Waals surface area (Å²) in [5.74, 6) is -0.348. The van der Waals surface area contributed by atoms with Crippen LogP contribution >= 0.6 is 0 Å². The van der Waals surface area contributed by atoms with Crippen LogP contribution in [-0.2, 0) is 22.3 Å². The highest BCUT2D eigenvalue weighted by Crippen LogP contribution is 2.30. The van der Waals surface area contributed by atoms with E-state index in [0.29, 0.717) is 24.2 Å². The van der Waals surface area contributed by atoms with Gasteiger partial charge < -0.3 is 14.7 Å². The average molecular weight is 468 g/mol. The van der Waals surface area contributed by atoms with Gasteiger partial charge in [-0.1, -0.05) is 35.5 Å². The van der Waals surface area contributed by atoms with Gasteiger partial charge in [0.25, 0.3) is 0 Å². The van der Waals surface area contributed by atoms with Crippen LogP contribution in [0.5, 0.6) is 0 Å². The van der Waals surface area contributed by atoms with E-state index in [2.05, 4.69) is 5.16 Å². The zero-order valence-corrected chi connectivity index (χ0v) is 18.6. The van der Waals surface area contributed by atoms with Crippen LogP contribution < -0.4 is 0 Å². The molecule has 5 nitrogen and oxygen atoms in total. The number of halogens is 4. The van der Waals surface area contributed by atoms with Crippen molar-refractivity contribution in [2.24, 2.45) is 5.16 Å². The number of oxime groups is 1. The number of ether oxygens (including phenoxy) is 1. The Morgan fingerprint density at radius 1 is 1.18 bits per heavy atom. The van der Waals surface area contributed by atoms with E-state index in [0.717, 1.165) is 17.7 Å². The molecular formula is C24H28F4N2O3. The van der Waals surface area contributed by atoms with Crippen LogP contribution in [0.1, 0.15) is 37.0 Å². The van der Waals surface area contributed by atoms with Crippen LogP contribution in [0, 0.1) is 5.82 Å². The van der Waals surface area contributed by atoms with Gasteiger partial charge in [0, 0.05) is 26.1 Å². The summed E-state index contributed by atoms with van der Waals surface area (Å²) in [6, 6.07) is 11.1. The second kappa shape index (κ2) is 11.1. The predicted octanol–water partition coefficient (Wildman–Crippen LogP) is 4.63. The first-order chi connectivity index (χ1) is 15.6. The van der Waals surface area contributed by atoms with E-state index in [1.165, 1.54) is 18.2 Å². The highest BCUT2D eigenvalue weighted by Gasteiger charge is 2.31. The van der Waals surface area contributed by atoms with E-state index in [-0.39, 0.29) is 37.7 Å². The fourth-order valence-corrected chi connectivity index (χ4v) is 3.59. The molecule has 2 atom stereocenters. The van der Waals surface area contributed by atoms with Gasteiger partial charge in [-0.25, -0.2) is 4.39 Å². The second-order valence-electron chi connectivity index (χ2n) is 8.40. The Balaban J connectivity index is 1.68. The van der Waals surface area contributed by atoms with Crippen LogP contribution in [0.3, 0.4) is 0 Å². The number of rotatable bonds is 10. The van der Waals surface area contributed by atoms with Gasteiger partial charge in [-0.2, -0.15) is 13.2 Å². The molecule has 0 saturated heterocycles. The standard InChI is InChI=1S/C24H28F4N2O3/c1-16(2)32-15-21(31)13-30(12-17-4-3-5-19(10-17)24(26,27)28)14-22-11-23(29-33-22)18-6-8-20(25)9-7-18/h3-10,16,21-22,31H,11-15H2,1-2H3/t21-,22+/m0/s1. The quantitative estimate of drug-likeness (QED) is 0.517. The Morgan fingerprint density at radius 3 is 2.58 bits per heavy atom. The van der Waals surface area contributed by atoms with Gasteiger partial charge >= 0.3 is 6.18 Å². The SMILES string of the molecule is CC(C)OC[C@@H](O)CN(Cc1cccc(C(F)(F)F)c1)C[C@H]1CC(c2ccc(F)cc2)=NO1. The molecule has 1 N–H and O–H groups in total. The van der Waals surface area contributed by atoms with Crippen molar-refractivity contribution in [1.29, 1.82) is 0 Å². The van der Waals surface area contributed by atoms with Crippen molar-refractivity contribution in [3.8, 4) is 0 Å². The van der Waals surface area contributed by atoms with Gasteiger partial charge in [-0.15, -0.1) is 0 Å². The Morgan fingerprint density at radius 2 is 1.91 bits per heavy atom. The van der Waals surface area contributed by atoms with Crippen molar-refractivity contribution in [1.82, 2.24) is 4.90 Å². The van der Waals surface area contributed by atoms with Gasteiger partial charge in [-0.3, -0.25) is 4.90 Å². The lowest BCUT2D eigenvalue weighted by Crippen LogP contribution is -2.39. The fourth-order valence-electron chi connectivity index (χ4n) is 3.59. The summed E-state index contributed by atoms with van der Waals surface area (Å²) in [6.45, 7) is 4.54. The molecule has 1 aliphatic heterocycles. The topological polar surface area (TPSA) is 54.3 Å². The van der Waals surface area contributed by atoms with E-state index in [1.807, 2.05) is 18.7 Å². The first kappa shape index (κ1) is 25.1. The monoisotopic (exact) mass is 468 g/mol. The molecule has 0 unspecified atom stereocenters. The third-order valence-corrected chi connectivity index (χ3v) is 5.12. The minimum atomic E-state index is -4.43. The molecule has 180 valence electrons. The van der Waals surface area contributed by atoms with Crippen LogP contribution in [0.25, 0.3) is 0 Å². The first-order valence-electron chi connectivity index (χ1n) is 10.8. The van der Waals surface area contributed by atoms with E-state index in [4.69, 9.17) is 9.57 Å².